The normalized spacial score (nSPS) is 24.8. The van der Waals surface area contributed by atoms with E-state index in [1.54, 1.807) is 0 Å². The predicted molar refractivity (Wildman–Crippen MR) is 48.4 cm³/mol. The van der Waals surface area contributed by atoms with Crippen LogP contribution in [0.4, 0.5) is 0 Å². The molecule has 0 amide bonds. The van der Waals surface area contributed by atoms with Crippen molar-refractivity contribution in [3.8, 4) is 0 Å². The molecule has 5 radical (unpaired) electrons. The van der Waals surface area contributed by atoms with Gasteiger partial charge in [-0.2, -0.15) is 0 Å². The molecular weight excluding hydrogens is 158 g/mol. The van der Waals surface area contributed by atoms with Gasteiger partial charge in [-0.05, 0) is 40.3 Å². The summed E-state index contributed by atoms with van der Waals surface area (Å²) in [6, 6.07) is 0.400. The Labute approximate surface area is 74.7 Å². The Balaban J connectivity index is 2.45. The highest BCUT2D eigenvalue weighted by Gasteiger charge is 2.32. The van der Waals surface area contributed by atoms with E-state index in [4.69, 9.17) is 11.6 Å². The molecule has 1 aliphatic carbocycles. The third-order valence-corrected chi connectivity index (χ3v) is 2.36. The maximum atomic E-state index is 5.95. The first-order valence-electron chi connectivity index (χ1n) is 3.70. The van der Waals surface area contributed by atoms with Crippen molar-refractivity contribution in [2.45, 2.75) is 13.0 Å². The molecule has 0 spiro atoms. The monoisotopic (exact) mass is 170 g/mol. The summed E-state index contributed by atoms with van der Waals surface area (Å²) >= 11 is 5.95. The van der Waals surface area contributed by atoms with Crippen LogP contribution in [0.15, 0.2) is 0 Å². The average Bonchev–Trinajstić information content (AvgIpc) is 2.33. The van der Waals surface area contributed by atoms with Crippen molar-refractivity contribution >= 4 is 11.6 Å². The molecule has 61 valence electrons. The number of halogens is 1. The van der Waals surface area contributed by atoms with E-state index in [-0.39, 0.29) is 0 Å². The van der Waals surface area contributed by atoms with Crippen LogP contribution in [0.25, 0.3) is 0 Å². The maximum Gasteiger partial charge on any atom is 0.0761 e. The first-order chi connectivity index (χ1) is 5.13. The summed E-state index contributed by atoms with van der Waals surface area (Å²) in [4.78, 5) is 2.14. The highest BCUT2D eigenvalue weighted by molar-refractivity contribution is 6.30. The molecular formula is C9H13ClN. The second kappa shape index (κ2) is 3.77. The molecule has 0 aliphatic heterocycles. The maximum absolute atomic E-state index is 5.95. The summed E-state index contributed by atoms with van der Waals surface area (Å²) < 4.78 is 0. The molecule has 1 nitrogen and oxygen atoms in total. The van der Waals surface area contributed by atoms with E-state index in [1.165, 1.54) is 5.92 Å². The van der Waals surface area contributed by atoms with Gasteiger partial charge in [-0.1, -0.05) is 0 Å². The van der Waals surface area contributed by atoms with Gasteiger partial charge in [0.2, 0.25) is 0 Å². The molecule has 0 saturated heterocycles. The Morgan fingerprint density at radius 1 is 1.36 bits per heavy atom. The topological polar surface area (TPSA) is 3.24 Å². The van der Waals surface area contributed by atoms with Crippen LogP contribution in [0.1, 0.15) is 6.92 Å². The minimum Gasteiger partial charge on any atom is -0.306 e. The summed E-state index contributed by atoms with van der Waals surface area (Å²) in [5.74, 6) is 1.21. The zero-order valence-corrected chi connectivity index (χ0v) is 7.89. The molecule has 11 heavy (non-hydrogen) atoms. The summed E-state index contributed by atoms with van der Waals surface area (Å²) in [5.41, 5.74) is 0. The van der Waals surface area contributed by atoms with Crippen LogP contribution in [0, 0.1) is 30.6 Å². The molecule has 2 heteroatoms. The third-order valence-electron chi connectivity index (χ3n) is 2.02. The Hall–Kier alpha value is 0.250. The molecule has 0 aromatic heterocycles. The highest BCUT2D eigenvalue weighted by Crippen LogP contribution is 2.39. The van der Waals surface area contributed by atoms with Crippen molar-refractivity contribution in [2.75, 3.05) is 14.1 Å². The molecule has 1 aliphatic rings. The Morgan fingerprint density at radius 3 is 2.36 bits per heavy atom. The molecule has 1 atom stereocenters. The number of nitrogens with zero attached hydrogens (tertiary/aromatic N) is 1. The van der Waals surface area contributed by atoms with Gasteiger partial charge in [0, 0.05) is 12.0 Å². The van der Waals surface area contributed by atoms with Gasteiger partial charge in [0.1, 0.15) is 0 Å². The van der Waals surface area contributed by atoms with Gasteiger partial charge in [0.25, 0.3) is 0 Å². The number of hydrogen-bond donors (Lipinski definition) is 0. The summed E-state index contributed by atoms with van der Waals surface area (Å²) in [5, 5.41) is 0.867. The van der Waals surface area contributed by atoms with E-state index in [9.17, 15) is 0 Å². The standard InChI is InChI=1S/C9H13ClN/c1-7(11(2)3)8-5-4-6-9(8)10/h4-7H,1-3H3/t7-/m1/s1. The molecule has 0 aromatic carbocycles. The highest BCUT2D eigenvalue weighted by atomic mass is 35.5. The van der Waals surface area contributed by atoms with Crippen LogP contribution < -0.4 is 0 Å². The van der Waals surface area contributed by atoms with E-state index in [2.05, 4.69) is 18.2 Å². The van der Waals surface area contributed by atoms with Gasteiger partial charge >= 0.3 is 0 Å². The minimum atomic E-state index is 0.400. The lowest BCUT2D eigenvalue weighted by atomic mass is 9.99. The smallest absolute Gasteiger partial charge is 0.0761 e. The fraction of sp³-hybridized carbons (Fsp3) is 0.444. The summed E-state index contributed by atoms with van der Waals surface area (Å²) in [6.07, 6.45) is 5.97. The van der Waals surface area contributed by atoms with E-state index in [0.29, 0.717) is 6.04 Å². The molecule has 0 heterocycles. The van der Waals surface area contributed by atoms with Crippen LogP contribution in [0.5, 0.6) is 0 Å². The quantitative estimate of drug-likeness (QED) is 0.612. The fourth-order valence-corrected chi connectivity index (χ4v) is 1.32. The van der Waals surface area contributed by atoms with Crippen molar-refractivity contribution in [3.63, 3.8) is 0 Å². The average molecular weight is 171 g/mol. The molecule has 1 rings (SSSR count). The lowest BCUT2D eigenvalue weighted by molar-refractivity contribution is 0.333. The van der Waals surface area contributed by atoms with Crippen molar-refractivity contribution in [3.05, 3.63) is 30.6 Å². The Kier molecular flexibility index (Phi) is 3.20. The Bertz CT molecular complexity index is 125. The van der Waals surface area contributed by atoms with Crippen LogP contribution in [-0.2, 0) is 0 Å². The first-order valence-corrected chi connectivity index (χ1v) is 4.08. The van der Waals surface area contributed by atoms with Crippen molar-refractivity contribution in [2.24, 2.45) is 0 Å². The fourth-order valence-electron chi connectivity index (χ4n) is 1.03. The zero-order valence-electron chi connectivity index (χ0n) is 7.13. The van der Waals surface area contributed by atoms with Crippen molar-refractivity contribution in [1.29, 1.82) is 0 Å². The van der Waals surface area contributed by atoms with Crippen LogP contribution >= 0.6 is 11.6 Å². The summed E-state index contributed by atoms with van der Waals surface area (Å²) in [7, 11) is 4.10. The van der Waals surface area contributed by atoms with Gasteiger partial charge in [-0.25, -0.2) is 0 Å². The third kappa shape index (κ3) is 2.09. The Morgan fingerprint density at radius 2 is 2.00 bits per heavy atom. The van der Waals surface area contributed by atoms with Crippen molar-refractivity contribution < 1.29 is 0 Å². The van der Waals surface area contributed by atoms with Gasteiger partial charge in [-0.3, -0.25) is 0 Å². The SMILES string of the molecule is C[C@H]([C]1[CH][CH][CH][C]1Cl)N(C)C. The second-order valence-corrected chi connectivity index (χ2v) is 3.38. The van der Waals surface area contributed by atoms with E-state index in [0.717, 1.165) is 5.38 Å². The molecule has 0 N–H and O–H groups in total. The largest absolute Gasteiger partial charge is 0.306 e. The molecule has 1 fully saturated rings. The second-order valence-electron chi connectivity index (χ2n) is 2.97. The van der Waals surface area contributed by atoms with E-state index >= 15 is 0 Å². The van der Waals surface area contributed by atoms with E-state index in [1.807, 2.05) is 26.9 Å². The van der Waals surface area contributed by atoms with Crippen LogP contribution in [-0.4, -0.2) is 25.0 Å². The lowest BCUT2D eigenvalue weighted by Crippen LogP contribution is -2.31. The van der Waals surface area contributed by atoms with Crippen molar-refractivity contribution in [1.82, 2.24) is 4.90 Å². The van der Waals surface area contributed by atoms with Gasteiger partial charge in [-0.15, -0.1) is 11.6 Å². The zero-order chi connectivity index (χ0) is 8.43. The molecule has 1 saturated carbocycles. The van der Waals surface area contributed by atoms with Gasteiger partial charge in [0.15, 0.2) is 0 Å². The summed E-state index contributed by atoms with van der Waals surface area (Å²) in [6.45, 7) is 2.14. The molecule has 0 bridgehead atoms. The lowest BCUT2D eigenvalue weighted by Gasteiger charge is -2.26. The number of hydrogen-bond acceptors (Lipinski definition) is 1. The van der Waals surface area contributed by atoms with Crippen LogP contribution in [0.3, 0.4) is 0 Å². The first kappa shape index (κ1) is 9.34. The van der Waals surface area contributed by atoms with Gasteiger partial charge in [0.05, 0.1) is 5.38 Å². The van der Waals surface area contributed by atoms with Gasteiger partial charge < -0.3 is 4.90 Å². The molecule has 0 unspecified atom stereocenters. The predicted octanol–water partition coefficient (Wildman–Crippen LogP) is 1.91. The number of rotatable bonds is 2. The molecule has 0 aromatic rings. The minimum absolute atomic E-state index is 0.400. The van der Waals surface area contributed by atoms with E-state index < -0.39 is 0 Å². The van der Waals surface area contributed by atoms with Crippen LogP contribution in [0.2, 0.25) is 0 Å².